The quantitative estimate of drug-likeness (QED) is 0.895. The summed E-state index contributed by atoms with van der Waals surface area (Å²) in [6, 6.07) is 5.04. The molecular formula is C12H16ClNO3. The van der Waals surface area contributed by atoms with Crippen molar-refractivity contribution in [2.75, 3.05) is 11.9 Å². The smallest absolute Gasteiger partial charge is 0.411 e. The van der Waals surface area contributed by atoms with Crippen molar-refractivity contribution in [2.45, 2.75) is 26.9 Å². The van der Waals surface area contributed by atoms with Gasteiger partial charge in [-0.05, 0) is 39.0 Å². The van der Waals surface area contributed by atoms with Crippen LogP contribution in [-0.4, -0.2) is 18.8 Å². The number of rotatable bonds is 4. The molecule has 1 rings (SSSR count). The highest BCUT2D eigenvalue weighted by atomic mass is 35.5. The Labute approximate surface area is 106 Å². The largest absolute Gasteiger partial charge is 0.489 e. The van der Waals surface area contributed by atoms with Crippen molar-refractivity contribution < 1.29 is 14.3 Å². The van der Waals surface area contributed by atoms with Crippen molar-refractivity contribution in [3.63, 3.8) is 0 Å². The van der Waals surface area contributed by atoms with Crippen LogP contribution in [0.25, 0.3) is 0 Å². The van der Waals surface area contributed by atoms with Crippen molar-refractivity contribution in [1.82, 2.24) is 0 Å². The van der Waals surface area contributed by atoms with Crippen molar-refractivity contribution in [3.8, 4) is 5.75 Å². The van der Waals surface area contributed by atoms with Crippen molar-refractivity contribution in [3.05, 3.63) is 23.2 Å². The monoisotopic (exact) mass is 257 g/mol. The van der Waals surface area contributed by atoms with Crippen LogP contribution in [0.3, 0.4) is 0 Å². The Morgan fingerprint density at radius 2 is 2.18 bits per heavy atom. The number of carbonyl (C=O) groups is 1. The molecule has 0 bridgehead atoms. The maximum Gasteiger partial charge on any atom is 0.411 e. The first-order chi connectivity index (χ1) is 8.02. The Balaban J connectivity index is 2.71. The zero-order chi connectivity index (χ0) is 12.8. The predicted octanol–water partition coefficient (Wildman–Crippen LogP) is 3.70. The molecule has 0 saturated heterocycles. The third-order valence-electron chi connectivity index (χ3n) is 1.82. The SMILES string of the molecule is CCOC(=O)Nc1ccc(OC(C)C)c(Cl)c1. The molecule has 1 aromatic rings. The Morgan fingerprint density at radius 1 is 1.47 bits per heavy atom. The van der Waals surface area contributed by atoms with Gasteiger partial charge in [0.15, 0.2) is 0 Å². The molecule has 5 heteroatoms. The lowest BCUT2D eigenvalue weighted by Crippen LogP contribution is -2.13. The van der Waals surface area contributed by atoms with Gasteiger partial charge in [0.1, 0.15) is 5.75 Å². The molecule has 1 amide bonds. The summed E-state index contributed by atoms with van der Waals surface area (Å²) >= 11 is 6.02. The highest BCUT2D eigenvalue weighted by Gasteiger charge is 2.07. The average molecular weight is 258 g/mol. The summed E-state index contributed by atoms with van der Waals surface area (Å²) in [7, 11) is 0. The van der Waals surface area contributed by atoms with E-state index in [0.717, 1.165) is 0 Å². The van der Waals surface area contributed by atoms with E-state index >= 15 is 0 Å². The first kappa shape index (κ1) is 13.6. The molecule has 1 aromatic carbocycles. The Hall–Kier alpha value is -1.42. The zero-order valence-electron chi connectivity index (χ0n) is 10.1. The second kappa shape index (κ2) is 6.35. The molecule has 0 saturated carbocycles. The van der Waals surface area contributed by atoms with Crippen LogP contribution in [-0.2, 0) is 4.74 Å². The van der Waals surface area contributed by atoms with Crippen molar-refractivity contribution >= 4 is 23.4 Å². The summed E-state index contributed by atoms with van der Waals surface area (Å²) < 4.78 is 10.2. The lowest BCUT2D eigenvalue weighted by atomic mass is 10.3. The third kappa shape index (κ3) is 4.53. The number of nitrogens with one attached hydrogen (secondary N) is 1. The summed E-state index contributed by atoms with van der Waals surface area (Å²) in [4.78, 5) is 11.2. The lowest BCUT2D eigenvalue weighted by molar-refractivity contribution is 0.168. The molecule has 17 heavy (non-hydrogen) atoms. The van der Waals surface area contributed by atoms with E-state index in [0.29, 0.717) is 23.1 Å². The summed E-state index contributed by atoms with van der Waals surface area (Å²) in [5.41, 5.74) is 0.574. The minimum Gasteiger partial charge on any atom is -0.489 e. The summed E-state index contributed by atoms with van der Waals surface area (Å²) in [6.45, 7) is 5.91. The molecule has 0 aromatic heterocycles. The summed E-state index contributed by atoms with van der Waals surface area (Å²) in [6.07, 6.45) is -0.447. The van der Waals surface area contributed by atoms with Crippen LogP contribution < -0.4 is 10.1 Å². The van der Waals surface area contributed by atoms with Gasteiger partial charge in [-0.3, -0.25) is 5.32 Å². The highest BCUT2D eigenvalue weighted by Crippen LogP contribution is 2.28. The second-order valence-electron chi connectivity index (χ2n) is 3.66. The number of ether oxygens (including phenoxy) is 2. The fourth-order valence-electron chi connectivity index (χ4n) is 1.21. The van der Waals surface area contributed by atoms with Crippen LogP contribution in [0.4, 0.5) is 10.5 Å². The molecular weight excluding hydrogens is 242 g/mol. The van der Waals surface area contributed by atoms with E-state index in [9.17, 15) is 4.79 Å². The number of amides is 1. The molecule has 94 valence electrons. The van der Waals surface area contributed by atoms with Crippen LogP contribution in [0.2, 0.25) is 5.02 Å². The lowest BCUT2D eigenvalue weighted by Gasteiger charge is -2.12. The van der Waals surface area contributed by atoms with Crippen LogP contribution in [0.15, 0.2) is 18.2 Å². The van der Waals surface area contributed by atoms with Gasteiger partial charge in [-0.15, -0.1) is 0 Å². The van der Waals surface area contributed by atoms with Crippen molar-refractivity contribution in [1.29, 1.82) is 0 Å². The van der Waals surface area contributed by atoms with Gasteiger partial charge in [-0.2, -0.15) is 0 Å². The molecule has 1 N–H and O–H groups in total. The molecule has 0 unspecified atom stereocenters. The normalized spacial score (nSPS) is 10.2. The predicted molar refractivity (Wildman–Crippen MR) is 67.9 cm³/mol. The van der Waals surface area contributed by atoms with Gasteiger partial charge in [0.05, 0.1) is 17.7 Å². The standard InChI is InChI=1S/C12H16ClNO3/c1-4-16-12(15)14-9-5-6-11(10(13)7-9)17-8(2)3/h5-8H,4H2,1-3H3,(H,14,15). The maximum absolute atomic E-state index is 11.2. The maximum atomic E-state index is 11.2. The molecule has 0 aliphatic carbocycles. The van der Waals surface area contributed by atoms with Gasteiger partial charge >= 0.3 is 6.09 Å². The molecule has 0 atom stereocenters. The zero-order valence-corrected chi connectivity index (χ0v) is 10.9. The number of benzene rings is 1. The average Bonchev–Trinajstić information content (AvgIpc) is 2.22. The van der Waals surface area contributed by atoms with Crippen LogP contribution in [0.5, 0.6) is 5.75 Å². The van der Waals surface area contributed by atoms with Gasteiger partial charge in [0.25, 0.3) is 0 Å². The molecule has 0 radical (unpaired) electrons. The molecule has 0 fully saturated rings. The minimum absolute atomic E-state index is 0.0522. The van der Waals surface area contributed by atoms with Crippen molar-refractivity contribution in [2.24, 2.45) is 0 Å². The van der Waals surface area contributed by atoms with Gasteiger partial charge < -0.3 is 9.47 Å². The topological polar surface area (TPSA) is 47.6 Å². The van der Waals surface area contributed by atoms with Crippen LogP contribution >= 0.6 is 11.6 Å². The highest BCUT2D eigenvalue weighted by molar-refractivity contribution is 6.32. The van der Waals surface area contributed by atoms with Gasteiger partial charge in [0, 0.05) is 5.69 Å². The number of hydrogen-bond donors (Lipinski definition) is 1. The van der Waals surface area contributed by atoms with Gasteiger partial charge in [-0.1, -0.05) is 11.6 Å². The Kier molecular flexibility index (Phi) is 5.10. The summed E-state index contributed by atoms with van der Waals surface area (Å²) in [5.74, 6) is 0.594. The molecule has 0 aliphatic heterocycles. The fraction of sp³-hybridized carbons (Fsp3) is 0.417. The molecule has 0 spiro atoms. The van der Waals surface area contributed by atoms with E-state index < -0.39 is 6.09 Å². The van der Waals surface area contributed by atoms with Gasteiger partial charge in [-0.25, -0.2) is 4.79 Å². The van der Waals surface area contributed by atoms with E-state index in [1.165, 1.54) is 0 Å². The van der Waals surface area contributed by atoms with Crippen LogP contribution in [0.1, 0.15) is 20.8 Å². The van der Waals surface area contributed by atoms with E-state index in [1.807, 2.05) is 13.8 Å². The van der Waals surface area contributed by atoms with E-state index in [1.54, 1.807) is 25.1 Å². The van der Waals surface area contributed by atoms with E-state index in [4.69, 9.17) is 21.1 Å². The molecule has 4 nitrogen and oxygen atoms in total. The summed E-state index contributed by atoms with van der Waals surface area (Å²) in [5, 5.41) is 3.01. The number of hydrogen-bond acceptors (Lipinski definition) is 3. The van der Waals surface area contributed by atoms with Crippen LogP contribution in [0, 0.1) is 0 Å². The molecule has 0 aliphatic rings. The third-order valence-corrected chi connectivity index (χ3v) is 2.11. The van der Waals surface area contributed by atoms with E-state index in [2.05, 4.69) is 5.32 Å². The minimum atomic E-state index is -0.499. The number of anilines is 1. The Morgan fingerprint density at radius 3 is 2.71 bits per heavy atom. The number of carbonyl (C=O) groups excluding carboxylic acids is 1. The number of halogens is 1. The second-order valence-corrected chi connectivity index (χ2v) is 4.06. The Bertz CT molecular complexity index is 393. The first-order valence-electron chi connectivity index (χ1n) is 5.43. The van der Waals surface area contributed by atoms with Gasteiger partial charge in [0.2, 0.25) is 0 Å². The fourth-order valence-corrected chi connectivity index (χ4v) is 1.44. The van der Waals surface area contributed by atoms with E-state index in [-0.39, 0.29) is 6.10 Å². The first-order valence-corrected chi connectivity index (χ1v) is 5.80. The molecule has 0 heterocycles.